The van der Waals surface area contributed by atoms with Gasteiger partial charge in [-0.05, 0) is 197 Å². The molecule has 6 heteroatoms. The van der Waals surface area contributed by atoms with Crippen LogP contribution in [0.3, 0.4) is 0 Å². The Morgan fingerprint density at radius 1 is 0.137 bits per heavy atom. The van der Waals surface area contributed by atoms with Crippen LogP contribution in [0.1, 0.15) is 0 Å². The van der Waals surface area contributed by atoms with Gasteiger partial charge in [0.25, 0.3) is 13.4 Å². The first-order chi connectivity index (χ1) is 50.6. The standard InChI is InChI=1S/C54H37BN2.C42H29BN2/c1-5-14-38(15-6-1)42-24-30-46(31-25-42)56-50-34-28-44(40-18-9-3-10-19-40)36-48(50)55-49-37-45(41-20-11-4-12-21-41)29-35-51(49)57(53-23-13-22-52(56)54(53)55)47-32-26-43(27-33-47)39-16-7-2-8-17-39;1-4-13-30(14-5-1)32-23-26-35(27-24-32)45-39-28-25-33(31-15-6-2-7-16-31)29-37(39)43-36-19-10-11-20-38(36)44(34-17-8-3-9-18-34)40-21-12-22-41(45)42(40)43/h1-37H;1-29H. The summed E-state index contributed by atoms with van der Waals surface area (Å²) in [7, 11) is 0. The minimum absolute atomic E-state index is 0.00760. The number of hydrogen-bond acceptors (Lipinski definition) is 4. The Balaban J connectivity index is 0.000000145. The zero-order valence-electron chi connectivity index (χ0n) is 56.0. The van der Waals surface area contributed by atoms with E-state index in [1.807, 2.05) is 0 Å². The minimum atomic E-state index is 0.00760. The number of rotatable bonds is 10. The Morgan fingerprint density at radius 3 is 0.647 bits per heavy atom. The van der Waals surface area contributed by atoms with E-state index in [1.54, 1.807) is 0 Å². The molecular formula is C96H66B2N4. The Bertz CT molecular complexity index is 5550. The van der Waals surface area contributed by atoms with Gasteiger partial charge in [0, 0.05) is 68.2 Å². The SMILES string of the molecule is c1ccc(-c2ccc(N3c4ccc(-c5ccccc5)cc4B4c5cc(-c6ccccc6)ccc5N(c5ccc(-c6ccccc6)cc5)c5cccc3c54)cc2)cc1.c1ccc(-c2ccc(N3c4ccc(-c5ccccc5)cc4B4c5ccccc5N(c5ccccc5)c5cccc3c54)cc2)cc1. The lowest BCUT2D eigenvalue weighted by Crippen LogP contribution is -2.61. The van der Waals surface area contributed by atoms with Gasteiger partial charge in [-0.25, -0.2) is 0 Å². The lowest BCUT2D eigenvalue weighted by molar-refractivity contribution is 1.25. The summed E-state index contributed by atoms with van der Waals surface area (Å²) in [6, 6.07) is 146. The van der Waals surface area contributed by atoms with Gasteiger partial charge in [0.05, 0.1) is 0 Å². The molecule has 4 heterocycles. The molecule has 16 aromatic carbocycles. The van der Waals surface area contributed by atoms with Gasteiger partial charge in [-0.1, -0.05) is 303 Å². The van der Waals surface area contributed by atoms with Crippen LogP contribution in [0.5, 0.6) is 0 Å². The highest BCUT2D eigenvalue weighted by atomic mass is 15.2. The second-order valence-electron chi connectivity index (χ2n) is 26.7. The Labute approximate surface area is 597 Å². The second-order valence-corrected chi connectivity index (χ2v) is 26.7. The van der Waals surface area contributed by atoms with Crippen molar-refractivity contribution in [1.82, 2.24) is 0 Å². The minimum Gasteiger partial charge on any atom is -0.311 e. The molecule has 16 aromatic rings. The summed E-state index contributed by atoms with van der Waals surface area (Å²) in [5.41, 5.74) is 36.8. The molecule has 0 saturated heterocycles. The summed E-state index contributed by atoms with van der Waals surface area (Å²) in [5.74, 6) is 0. The number of para-hydroxylation sites is 2. The number of anilines is 12. The van der Waals surface area contributed by atoms with Crippen LogP contribution in [-0.4, -0.2) is 13.4 Å². The summed E-state index contributed by atoms with van der Waals surface area (Å²) in [4.78, 5) is 9.87. The third-order valence-electron chi connectivity index (χ3n) is 20.9. The average Bonchev–Trinajstić information content (AvgIpc) is 0.707. The molecule has 4 aliphatic rings. The summed E-state index contributed by atoms with van der Waals surface area (Å²) in [5, 5.41) is 0. The van der Waals surface area contributed by atoms with Crippen LogP contribution in [0.25, 0.3) is 66.8 Å². The average molecular weight is 1300 g/mol. The van der Waals surface area contributed by atoms with E-state index < -0.39 is 0 Å². The van der Waals surface area contributed by atoms with Gasteiger partial charge in [-0.2, -0.15) is 0 Å². The van der Waals surface area contributed by atoms with Gasteiger partial charge in [0.2, 0.25) is 0 Å². The molecule has 0 N–H and O–H groups in total. The molecule has 0 aromatic heterocycles. The maximum Gasteiger partial charge on any atom is 0.252 e. The molecule has 476 valence electrons. The fraction of sp³-hybridized carbons (Fsp3) is 0. The van der Waals surface area contributed by atoms with Crippen LogP contribution in [0.15, 0.2) is 400 Å². The van der Waals surface area contributed by atoms with Crippen molar-refractivity contribution in [3.8, 4) is 66.8 Å². The fourth-order valence-corrected chi connectivity index (χ4v) is 16.3. The predicted octanol–water partition coefficient (Wildman–Crippen LogP) is 21.5. The van der Waals surface area contributed by atoms with Crippen LogP contribution in [0, 0.1) is 0 Å². The molecule has 0 radical (unpaired) electrons. The quantitative estimate of drug-likeness (QED) is 0.127. The fourth-order valence-electron chi connectivity index (χ4n) is 16.3. The molecule has 0 atom stereocenters. The van der Waals surface area contributed by atoms with Gasteiger partial charge >= 0.3 is 0 Å². The van der Waals surface area contributed by atoms with E-state index in [-0.39, 0.29) is 13.4 Å². The first-order valence-electron chi connectivity index (χ1n) is 35.3. The van der Waals surface area contributed by atoms with Crippen molar-refractivity contribution in [2.45, 2.75) is 0 Å². The Kier molecular flexibility index (Phi) is 15.1. The highest BCUT2D eigenvalue weighted by Gasteiger charge is 2.45. The van der Waals surface area contributed by atoms with Gasteiger partial charge in [-0.15, -0.1) is 0 Å². The van der Waals surface area contributed by atoms with Crippen LogP contribution >= 0.6 is 0 Å². The Hall–Kier alpha value is -13.2. The molecule has 0 amide bonds. The van der Waals surface area contributed by atoms with Crippen molar-refractivity contribution in [2.75, 3.05) is 19.6 Å². The van der Waals surface area contributed by atoms with Crippen molar-refractivity contribution in [1.29, 1.82) is 0 Å². The first kappa shape index (κ1) is 60.1. The van der Waals surface area contributed by atoms with Gasteiger partial charge < -0.3 is 19.6 Å². The van der Waals surface area contributed by atoms with E-state index in [9.17, 15) is 0 Å². The summed E-state index contributed by atoms with van der Waals surface area (Å²) in [6.45, 7) is 0.110. The van der Waals surface area contributed by atoms with E-state index in [2.05, 4.69) is 420 Å². The van der Waals surface area contributed by atoms with Gasteiger partial charge in [0.1, 0.15) is 0 Å². The summed E-state index contributed by atoms with van der Waals surface area (Å²) < 4.78 is 0. The highest BCUT2D eigenvalue weighted by Crippen LogP contribution is 2.48. The maximum absolute atomic E-state index is 2.48. The van der Waals surface area contributed by atoms with E-state index in [0.717, 1.165) is 17.1 Å². The summed E-state index contributed by atoms with van der Waals surface area (Å²) in [6.07, 6.45) is 0. The lowest BCUT2D eigenvalue weighted by atomic mass is 9.33. The van der Waals surface area contributed by atoms with Crippen LogP contribution in [-0.2, 0) is 0 Å². The Morgan fingerprint density at radius 2 is 0.343 bits per heavy atom. The van der Waals surface area contributed by atoms with Crippen LogP contribution < -0.4 is 52.4 Å². The largest absolute Gasteiger partial charge is 0.311 e. The normalized spacial score (nSPS) is 12.6. The van der Waals surface area contributed by atoms with Gasteiger partial charge in [0.15, 0.2) is 0 Å². The zero-order chi connectivity index (χ0) is 67.5. The molecule has 4 nitrogen and oxygen atoms in total. The molecule has 0 unspecified atom stereocenters. The molecule has 0 spiro atoms. The molecule has 102 heavy (non-hydrogen) atoms. The first-order valence-corrected chi connectivity index (χ1v) is 35.3. The van der Waals surface area contributed by atoms with Crippen molar-refractivity contribution < 1.29 is 0 Å². The third-order valence-corrected chi connectivity index (χ3v) is 20.9. The third kappa shape index (κ3) is 10.5. The van der Waals surface area contributed by atoms with Crippen molar-refractivity contribution >= 4 is 114 Å². The molecular weight excluding hydrogens is 1230 g/mol. The smallest absolute Gasteiger partial charge is 0.252 e. The number of nitrogens with zero attached hydrogens (tertiary/aromatic N) is 4. The number of benzene rings is 16. The van der Waals surface area contributed by atoms with Crippen molar-refractivity contribution in [3.05, 3.63) is 400 Å². The molecule has 0 fully saturated rings. The van der Waals surface area contributed by atoms with Gasteiger partial charge in [-0.3, -0.25) is 0 Å². The number of fused-ring (bicyclic) bond motifs is 8. The molecule has 0 saturated carbocycles. The molecule has 0 bridgehead atoms. The zero-order valence-corrected chi connectivity index (χ0v) is 56.0. The monoisotopic (exact) mass is 1300 g/mol. The predicted molar refractivity (Wildman–Crippen MR) is 434 cm³/mol. The second kappa shape index (κ2) is 25.6. The lowest BCUT2D eigenvalue weighted by Gasteiger charge is -2.44. The van der Waals surface area contributed by atoms with Crippen molar-refractivity contribution in [2.24, 2.45) is 0 Å². The van der Waals surface area contributed by atoms with Crippen LogP contribution in [0.4, 0.5) is 68.2 Å². The maximum atomic E-state index is 2.48. The molecule has 0 aliphatic carbocycles. The highest BCUT2D eigenvalue weighted by molar-refractivity contribution is 7.01. The number of hydrogen-bond donors (Lipinski definition) is 0. The topological polar surface area (TPSA) is 13.0 Å². The summed E-state index contributed by atoms with van der Waals surface area (Å²) >= 11 is 0. The van der Waals surface area contributed by atoms with Crippen LogP contribution in [0.2, 0.25) is 0 Å². The van der Waals surface area contributed by atoms with E-state index in [0.29, 0.717) is 0 Å². The molecule has 20 rings (SSSR count). The van der Waals surface area contributed by atoms with Crippen molar-refractivity contribution in [3.63, 3.8) is 0 Å². The van der Waals surface area contributed by atoms with E-state index in [4.69, 9.17) is 0 Å². The molecule has 4 aliphatic heterocycles. The van der Waals surface area contributed by atoms with E-state index >= 15 is 0 Å². The van der Waals surface area contributed by atoms with E-state index in [1.165, 1.54) is 151 Å².